The van der Waals surface area contributed by atoms with Gasteiger partial charge in [0.15, 0.2) is 9.84 Å². The van der Waals surface area contributed by atoms with Crippen LogP contribution in [-0.2, 0) is 16.0 Å². The standard InChI is InChI=1S/C17H11F5N2O2S/c1-27(25,26)13-7-4-10(8-12(13)19)15-14(9-2-5-11(18)6-3-9)23-16(24-15)17(20,21)22/h2-8H,1H3,(H,23,24). The normalized spacial score (nSPS) is 12.4. The molecular weight excluding hydrogens is 391 g/mol. The molecule has 0 radical (unpaired) electrons. The predicted octanol–water partition coefficient (Wildman–Crippen LogP) is 4.44. The van der Waals surface area contributed by atoms with Crippen LogP contribution in [-0.4, -0.2) is 24.6 Å². The first-order valence-electron chi connectivity index (χ1n) is 7.40. The van der Waals surface area contributed by atoms with Gasteiger partial charge in [0.05, 0.1) is 11.4 Å². The average Bonchev–Trinajstić information content (AvgIpc) is 2.99. The van der Waals surface area contributed by atoms with Crippen molar-refractivity contribution < 1.29 is 30.4 Å². The van der Waals surface area contributed by atoms with E-state index in [-0.39, 0.29) is 22.5 Å². The van der Waals surface area contributed by atoms with Crippen molar-refractivity contribution in [2.45, 2.75) is 11.1 Å². The highest BCUT2D eigenvalue weighted by Gasteiger charge is 2.36. The average molecular weight is 402 g/mol. The van der Waals surface area contributed by atoms with Gasteiger partial charge in [-0.3, -0.25) is 0 Å². The maximum absolute atomic E-state index is 14.2. The van der Waals surface area contributed by atoms with E-state index in [1.165, 1.54) is 12.1 Å². The van der Waals surface area contributed by atoms with Gasteiger partial charge in [0, 0.05) is 17.4 Å². The first-order chi connectivity index (χ1) is 12.5. The van der Waals surface area contributed by atoms with Crippen LogP contribution in [0.4, 0.5) is 22.0 Å². The maximum atomic E-state index is 14.2. The molecule has 1 N–H and O–H groups in total. The molecule has 10 heteroatoms. The summed E-state index contributed by atoms with van der Waals surface area (Å²) >= 11 is 0. The number of nitrogens with zero attached hydrogens (tertiary/aromatic N) is 1. The highest BCUT2D eigenvalue weighted by Crippen LogP contribution is 2.36. The quantitative estimate of drug-likeness (QED) is 0.659. The Kier molecular flexibility index (Phi) is 4.54. The van der Waals surface area contributed by atoms with Gasteiger partial charge in [-0.15, -0.1) is 0 Å². The fourth-order valence-corrected chi connectivity index (χ4v) is 3.22. The molecule has 0 fully saturated rings. The van der Waals surface area contributed by atoms with Gasteiger partial charge in [-0.2, -0.15) is 13.2 Å². The molecule has 3 aromatic rings. The number of aromatic amines is 1. The lowest BCUT2D eigenvalue weighted by Gasteiger charge is -2.06. The predicted molar refractivity (Wildman–Crippen MR) is 87.5 cm³/mol. The minimum atomic E-state index is -4.79. The second-order valence-electron chi connectivity index (χ2n) is 5.73. The fraction of sp³-hybridized carbons (Fsp3) is 0.118. The molecule has 0 atom stereocenters. The summed E-state index contributed by atoms with van der Waals surface area (Å²) in [6.45, 7) is 0. The summed E-state index contributed by atoms with van der Waals surface area (Å²) in [5.41, 5.74) is -0.213. The first kappa shape index (κ1) is 19.0. The van der Waals surface area contributed by atoms with Crippen molar-refractivity contribution >= 4 is 9.84 Å². The number of hydrogen-bond donors (Lipinski definition) is 1. The molecule has 27 heavy (non-hydrogen) atoms. The zero-order valence-electron chi connectivity index (χ0n) is 13.6. The number of sulfone groups is 1. The summed E-state index contributed by atoms with van der Waals surface area (Å²) in [6.07, 6.45) is -3.98. The number of halogens is 5. The maximum Gasteiger partial charge on any atom is 0.449 e. The molecule has 1 heterocycles. The van der Waals surface area contributed by atoms with E-state index in [9.17, 15) is 30.4 Å². The van der Waals surface area contributed by atoms with Crippen LogP contribution < -0.4 is 0 Å². The zero-order chi connectivity index (χ0) is 20.0. The Hall–Kier alpha value is -2.75. The lowest BCUT2D eigenvalue weighted by atomic mass is 10.0. The highest BCUT2D eigenvalue weighted by atomic mass is 32.2. The monoisotopic (exact) mass is 402 g/mol. The highest BCUT2D eigenvalue weighted by molar-refractivity contribution is 7.90. The zero-order valence-corrected chi connectivity index (χ0v) is 14.4. The SMILES string of the molecule is CS(=O)(=O)c1ccc(-c2nc(C(F)(F)F)[nH]c2-c2ccc(F)cc2)cc1F. The molecule has 0 aliphatic rings. The third-order valence-corrected chi connectivity index (χ3v) is 4.84. The number of aromatic nitrogens is 2. The number of hydrogen-bond acceptors (Lipinski definition) is 3. The summed E-state index contributed by atoms with van der Waals surface area (Å²) in [4.78, 5) is 5.03. The molecule has 0 bridgehead atoms. The van der Waals surface area contributed by atoms with Crippen molar-refractivity contribution in [3.05, 3.63) is 59.9 Å². The van der Waals surface area contributed by atoms with Crippen molar-refractivity contribution in [2.24, 2.45) is 0 Å². The Balaban J connectivity index is 2.21. The van der Waals surface area contributed by atoms with Crippen molar-refractivity contribution in [1.29, 1.82) is 0 Å². The van der Waals surface area contributed by atoms with Crippen molar-refractivity contribution in [1.82, 2.24) is 9.97 Å². The van der Waals surface area contributed by atoms with Crippen LogP contribution in [0.2, 0.25) is 0 Å². The molecule has 142 valence electrons. The van der Waals surface area contributed by atoms with E-state index < -0.39 is 38.4 Å². The van der Waals surface area contributed by atoms with Crippen molar-refractivity contribution in [3.8, 4) is 22.5 Å². The number of benzene rings is 2. The Morgan fingerprint density at radius 1 is 0.963 bits per heavy atom. The molecule has 0 aliphatic carbocycles. The minimum Gasteiger partial charge on any atom is -0.334 e. The second kappa shape index (κ2) is 6.45. The molecule has 0 saturated carbocycles. The van der Waals surface area contributed by atoms with Gasteiger partial charge in [0.1, 0.15) is 16.5 Å². The number of nitrogens with one attached hydrogen (secondary N) is 1. The molecule has 0 amide bonds. The molecule has 0 unspecified atom stereocenters. The van der Waals surface area contributed by atoms with Crippen LogP contribution in [0.25, 0.3) is 22.5 Å². The number of H-pyrrole nitrogens is 1. The summed E-state index contributed by atoms with van der Waals surface area (Å²) in [7, 11) is -3.84. The molecule has 0 aliphatic heterocycles. The molecular formula is C17H11F5N2O2S. The molecule has 0 saturated heterocycles. The summed E-state index contributed by atoms with van der Waals surface area (Å²) in [6, 6.07) is 7.50. The number of imidazole rings is 1. The molecule has 1 aromatic heterocycles. The van der Waals surface area contributed by atoms with Crippen molar-refractivity contribution in [3.63, 3.8) is 0 Å². The van der Waals surface area contributed by atoms with Gasteiger partial charge in [0.2, 0.25) is 5.82 Å². The summed E-state index contributed by atoms with van der Waals surface area (Å²) in [5, 5.41) is 0. The van der Waals surface area contributed by atoms with Crippen LogP contribution in [0.5, 0.6) is 0 Å². The van der Waals surface area contributed by atoms with Crippen LogP contribution in [0.15, 0.2) is 47.4 Å². The number of rotatable bonds is 3. The Morgan fingerprint density at radius 3 is 2.07 bits per heavy atom. The molecule has 2 aromatic carbocycles. The third-order valence-electron chi connectivity index (χ3n) is 3.71. The van der Waals surface area contributed by atoms with E-state index in [2.05, 4.69) is 9.97 Å². The minimum absolute atomic E-state index is 0.0639. The van der Waals surface area contributed by atoms with E-state index in [1.54, 1.807) is 0 Å². The van der Waals surface area contributed by atoms with Crippen LogP contribution >= 0.6 is 0 Å². The molecule has 0 spiro atoms. The van der Waals surface area contributed by atoms with E-state index in [4.69, 9.17) is 0 Å². The van der Waals surface area contributed by atoms with Gasteiger partial charge in [0.25, 0.3) is 0 Å². The third kappa shape index (κ3) is 3.85. The number of alkyl halides is 3. The van der Waals surface area contributed by atoms with Crippen LogP contribution in [0.1, 0.15) is 5.82 Å². The second-order valence-corrected chi connectivity index (χ2v) is 7.72. The van der Waals surface area contributed by atoms with Gasteiger partial charge in [-0.25, -0.2) is 22.2 Å². The lowest BCUT2D eigenvalue weighted by molar-refractivity contribution is -0.144. The van der Waals surface area contributed by atoms with Crippen molar-refractivity contribution in [2.75, 3.05) is 6.26 Å². The Morgan fingerprint density at radius 2 is 1.56 bits per heavy atom. The summed E-state index contributed by atoms with van der Waals surface area (Å²) < 4.78 is 89.5. The van der Waals surface area contributed by atoms with Gasteiger partial charge in [-0.1, -0.05) is 6.07 Å². The van der Waals surface area contributed by atoms with Gasteiger partial charge in [-0.05, 0) is 36.4 Å². The van der Waals surface area contributed by atoms with E-state index in [1.807, 2.05) is 0 Å². The van der Waals surface area contributed by atoms with Gasteiger partial charge >= 0.3 is 6.18 Å². The van der Waals surface area contributed by atoms with Crippen LogP contribution in [0.3, 0.4) is 0 Å². The topological polar surface area (TPSA) is 62.8 Å². The van der Waals surface area contributed by atoms with E-state index in [0.717, 1.165) is 36.6 Å². The Labute approximate surface area is 150 Å². The smallest absolute Gasteiger partial charge is 0.334 e. The van der Waals surface area contributed by atoms with Gasteiger partial charge < -0.3 is 4.98 Å². The largest absolute Gasteiger partial charge is 0.449 e. The fourth-order valence-electron chi connectivity index (χ4n) is 2.49. The van der Waals surface area contributed by atoms with Crippen LogP contribution in [0, 0.1) is 11.6 Å². The lowest BCUT2D eigenvalue weighted by Crippen LogP contribution is -2.07. The first-order valence-corrected chi connectivity index (χ1v) is 9.29. The molecule has 4 nitrogen and oxygen atoms in total. The Bertz CT molecular complexity index is 1100. The summed E-state index contributed by atoms with van der Waals surface area (Å²) in [5.74, 6) is -3.01. The molecule has 3 rings (SSSR count). The van der Waals surface area contributed by atoms with E-state index in [0.29, 0.717) is 0 Å². The van der Waals surface area contributed by atoms with E-state index >= 15 is 0 Å².